The highest BCUT2D eigenvalue weighted by atomic mass is 16.5. The number of aromatic nitrogens is 1. The van der Waals surface area contributed by atoms with Crippen LogP contribution >= 0.6 is 0 Å². The summed E-state index contributed by atoms with van der Waals surface area (Å²) < 4.78 is 10.5. The Hall–Kier alpha value is -3.35. The fourth-order valence-electron chi connectivity index (χ4n) is 3.35. The minimum Gasteiger partial charge on any atom is -0.497 e. The van der Waals surface area contributed by atoms with Gasteiger partial charge in [0.25, 0.3) is 0 Å². The summed E-state index contributed by atoms with van der Waals surface area (Å²) in [6.45, 7) is 3.04. The van der Waals surface area contributed by atoms with Crippen molar-refractivity contribution in [2.45, 2.75) is 19.8 Å². The molecule has 0 bridgehead atoms. The number of likely N-dealkylation sites (tertiary alicyclic amines) is 1. The van der Waals surface area contributed by atoms with Gasteiger partial charge in [-0.2, -0.15) is 0 Å². The molecule has 0 radical (unpaired) electrons. The molecule has 1 aromatic heterocycles. The molecule has 7 heteroatoms. The molecule has 0 spiro atoms. The number of rotatable bonds is 6. The summed E-state index contributed by atoms with van der Waals surface area (Å²) in [5.74, 6) is 1.64. The van der Waals surface area contributed by atoms with Gasteiger partial charge in [0.1, 0.15) is 17.3 Å². The van der Waals surface area contributed by atoms with Crippen molar-refractivity contribution in [3.8, 4) is 11.5 Å². The molecule has 1 aromatic carbocycles. The second-order valence-electron chi connectivity index (χ2n) is 7.25. The summed E-state index contributed by atoms with van der Waals surface area (Å²) >= 11 is 0. The molecule has 2 heterocycles. The Morgan fingerprint density at radius 3 is 2.53 bits per heavy atom. The number of benzene rings is 1. The molecular weight excluding hydrogens is 382 g/mol. The molecule has 1 saturated heterocycles. The van der Waals surface area contributed by atoms with Gasteiger partial charge in [0.15, 0.2) is 0 Å². The first-order chi connectivity index (χ1) is 14.5. The van der Waals surface area contributed by atoms with Crippen LogP contribution in [-0.2, 0) is 9.59 Å². The lowest BCUT2D eigenvalue weighted by Crippen LogP contribution is -2.40. The third kappa shape index (κ3) is 5.37. The Morgan fingerprint density at radius 1 is 1.13 bits per heavy atom. The van der Waals surface area contributed by atoms with Crippen LogP contribution in [0.25, 0.3) is 6.08 Å². The molecule has 1 fully saturated rings. The Balaban J connectivity index is 1.53. The zero-order chi connectivity index (χ0) is 21.5. The van der Waals surface area contributed by atoms with Crippen LogP contribution in [0.5, 0.6) is 11.5 Å². The number of nitrogens with zero attached hydrogens (tertiary/aromatic N) is 2. The van der Waals surface area contributed by atoms with Gasteiger partial charge in [-0.3, -0.25) is 9.59 Å². The SMILES string of the molecule is COc1ccc(/C=C/C(=O)N2CCC(C(=O)Nc3ccc(C)cn3)CC2)c(OC)c1. The summed E-state index contributed by atoms with van der Waals surface area (Å²) in [6, 6.07) is 9.14. The standard InChI is InChI=1S/C23H27N3O4/c1-16-4-8-21(24-15-16)25-23(28)18-10-12-26(13-11-18)22(27)9-6-17-5-7-19(29-2)14-20(17)30-3/h4-9,14-15,18H,10-13H2,1-3H3,(H,24,25,28)/b9-6+. The van der Waals surface area contributed by atoms with E-state index in [0.717, 1.165) is 11.1 Å². The molecule has 1 N–H and O–H groups in total. The number of ether oxygens (including phenoxy) is 2. The minimum atomic E-state index is -0.122. The van der Waals surface area contributed by atoms with Crippen LogP contribution in [0, 0.1) is 12.8 Å². The van der Waals surface area contributed by atoms with E-state index in [1.807, 2.05) is 25.1 Å². The maximum absolute atomic E-state index is 12.6. The third-order valence-electron chi connectivity index (χ3n) is 5.19. The van der Waals surface area contributed by atoms with Crippen LogP contribution in [0.15, 0.2) is 42.6 Å². The number of carbonyl (C=O) groups excluding carboxylic acids is 2. The zero-order valence-corrected chi connectivity index (χ0v) is 17.6. The van der Waals surface area contributed by atoms with Crippen molar-refractivity contribution in [1.29, 1.82) is 0 Å². The second kappa shape index (κ2) is 9.91. The van der Waals surface area contributed by atoms with Crippen molar-refractivity contribution in [2.24, 2.45) is 5.92 Å². The maximum atomic E-state index is 12.6. The summed E-state index contributed by atoms with van der Waals surface area (Å²) in [4.78, 5) is 31.0. The van der Waals surface area contributed by atoms with Crippen LogP contribution < -0.4 is 14.8 Å². The fraction of sp³-hybridized carbons (Fsp3) is 0.348. The summed E-state index contributed by atoms with van der Waals surface area (Å²) in [6.07, 6.45) is 6.26. The number of carbonyl (C=O) groups is 2. The predicted octanol–water partition coefficient (Wildman–Crippen LogP) is 3.30. The maximum Gasteiger partial charge on any atom is 0.246 e. The van der Waals surface area contributed by atoms with Gasteiger partial charge in [0.05, 0.1) is 14.2 Å². The van der Waals surface area contributed by atoms with E-state index in [9.17, 15) is 9.59 Å². The molecular formula is C23H27N3O4. The van der Waals surface area contributed by atoms with Crippen LogP contribution in [0.1, 0.15) is 24.0 Å². The first kappa shape index (κ1) is 21.4. The van der Waals surface area contributed by atoms with Crippen LogP contribution in [0.2, 0.25) is 0 Å². The average Bonchev–Trinajstić information content (AvgIpc) is 2.78. The molecule has 1 aliphatic heterocycles. The lowest BCUT2D eigenvalue weighted by molar-refractivity contribution is -0.130. The van der Waals surface area contributed by atoms with E-state index >= 15 is 0 Å². The Morgan fingerprint density at radius 2 is 1.90 bits per heavy atom. The van der Waals surface area contributed by atoms with Gasteiger partial charge in [0.2, 0.25) is 11.8 Å². The smallest absolute Gasteiger partial charge is 0.246 e. The summed E-state index contributed by atoms with van der Waals surface area (Å²) in [7, 11) is 3.17. The Labute approximate surface area is 176 Å². The van der Waals surface area contributed by atoms with Crippen molar-refractivity contribution in [3.63, 3.8) is 0 Å². The number of nitrogens with one attached hydrogen (secondary N) is 1. The minimum absolute atomic E-state index is 0.0445. The van der Waals surface area contributed by atoms with E-state index in [-0.39, 0.29) is 17.7 Å². The van der Waals surface area contributed by atoms with Gasteiger partial charge >= 0.3 is 0 Å². The number of aryl methyl sites for hydroxylation is 1. The molecule has 30 heavy (non-hydrogen) atoms. The van der Waals surface area contributed by atoms with E-state index in [2.05, 4.69) is 10.3 Å². The topological polar surface area (TPSA) is 80.8 Å². The largest absolute Gasteiger partial charge is 0.497 e. The first-order valence-corrected chi connectivity index (χ1v) is 9.92. The molecule has 2 amide bonds. The average molecular weight is 409 g/mol. The molecule has 2 aromatic rings. The number of pyridine rings is 1. The number of piperidine rings is 1. The number of hydrogen-bond acceptors (Lipinski definition) is 5. The number of methoxy groups -OCH3 is 2. The van der Waals surface area contributed by atoms with E-state index in [1.54, 1.807) is 49.6 Å². The van der Waals surface area contributed by atoms with Crippen molar-refractivity contribution < 1.29 is 19.1 Å². The molecule has 0 saturated carbocycles. The number of hydrogen-bond donors (Lipinski definition) is 1. The molecule has 0 unspecified atom stereocenters. The van der Waals surface area contributed by atoms with Crippen LogP contribution in [0.4, 0.5) is 5.82 Å². The van der Waals surface area contributed by atoms with Gasteiger partial charge < -0.3 is 19.7 Å². The first-order valence-electron chi connectivity index (χ1n) is 9.92. The Bertz CT molecular complexity index is 917. The number of amides is 2. The lowest BCUT2D eigenvalue weighted by Gasteiger charge is -2.30. The molecule has 1 aliphatic rings. The molecule has 158 valence electrons. The van der Waals surface area contributed by atoms with Crippen molar-refractivity contribution in [3.05, 3.63) is 53.7 Å². The second-order valence-corrected chi connectivity index (χ2v) is 7.25. The normalized spacial score (nSPS) is 14.6. The monoisotopic (exact) mass is 409 g/mol. The van der Waals surface area contributed by atoms with Crippen molar-refractivity contribution in [1.82, 2.24) is 9.88 Å². The van der Waals surface area contributed by atoms with Crippen LogP contribution in [0.3, 0.4) is 0 Å². The lowest BCUT2D eigenvalue weighted by atomic mass is 9.96. The van der Waals surface area contributed by atoms with E-state index < -0.39 is 0 Å². The van der Waals surface area contributed by atoms with Crippen molar-refractivity contribution >= 4 is 23.7 Å². The van der Waals surface area contributed by atoms with Crippen molar-refractivity contribution in [2.75, 3.05) is 32.6 Å². The van der Waals surface area contributed by atoms with E-state index in [4.69, 9.17) is 9.47 Å². The molecule has 0 aliphatic carbocycles. The molecule has 0 atom stereocenters. The fourth-order valence-corrected chi connectivity index (χ4v) is 3.35. The van der Waals surface area contributed by atoms with Gasteiger partial charge in [-0.1, -0.05) is 6.07 Å². The quantitative estimate of drug-likeness (QED) is 0.741. The van der Waals surface area contributed by atoms with Gasteiger partial charge in [-0.15, -0.1) is 0 Å². The highest BCUT2D eigenvalue weighted by molar-refractivity contribution is 5.93. The highest BCUT2D eigenvalue weighted by Crippen LogP contribution is 2.26. The molecule has 7 nitrogen and oxygen atoms in total. The van der Waals surface area contributed by atoms with Gasteiger partial charge in [-0.05, 0) is 49.6 Å². The Kier molecular flexibility index (Phi) is 7.06. The third-order valence-corrected chi connectivity index (χ3v) is 5.19. The van der Waals surface area contributed by atoms with Crippen LogP contribution in [-0.4, -0.2) is 49.0 Å². The number of anilines is 1. The summed E-state index contributed by atoms with van der Waals surface area (Å²) in [5.41, 5.74) is 1.84. The van der Waals surface area contributed by atoms with E-state index in [1.165, 1.54) is 0 Å². The molecule has 3 rings (SSSR count). The highest BCUT2D eigenvalue weighted by Gasteiger charge is 2.26. The van der Waals surface area contributed by atoms with E-state index in [0.29, 0.717) is 43.2 Å². The zero-order valence-electron chi connectivity index (χ0n) is 17.6. The van der Waals surface area contributed by atoms with Gasteiger partial charge in [-0.25, -0.2) is 4.98 Å². The van der Waals surface area contributed by atoms with Gasteiger partial charge in [0, 0.05) is 42.9 Å². The summed E-state index contributed by atoms with van der Waals surface area (Å²) in [5, 5.41) is 2.86. The predicted molar refractivity (Wildman–Crippen MR) is 115 cm³/mol.